The summed E-state index contributed by atoms with van der Waals surface area (Å²) in [7, 11) is 3.11. The lowest BCUT2D eigenvalue weighted by Crippen LogP contribution is -2.23. The molecule has 2 heterocycles. The Balaban J connectivity index is 1.94. The van der Waals surface area contributed by atoms with E-state index in [4.69, 9.17) is 19.9 Å². The van der Waals surface area contributed by atoms with Gasteiger partial charge in [-0.3, -0.25) is 4.79 Å². The summed E-state index contributed by atoms with van der Waals surface area (Å²) < 4.78 is 18.3. The van der Waals surface area contributed by atoms with Crippen LogP contribution in [0.3, 0.4) is 0 Å². The van der Waals surface area contributed by atoms with Crippen LogP contribution in [0.25, 0.3) is 11.1 Å². The van der Waals surface area contributed by atoms with Crippen LogP contribution in [0.1, 0.15) is 28.2 Å². The molecule has 3 aromatic rings. The highest BCUT2D eigenvalue weighted by atomic mass is 79.9. The Morgan fingerprint density at radius 3 is 2.68 bits per heavy atom. The van der Waals surface area contributed by atoms with E-state index in [0.29, 0.717) is 5.56 Å². The third-order valence-corrected chi connectivity index (χ3v) is 6.40. The smallest absolute Gasteiger partial charge is 0.251 e. The monoisotopic (exact) mass is 459 g/mol. The van der Waals surface area contributed by atoms with E-state index in [9.17, 15) is 4.79 Å². The molecule has 0 bridgehead atoms. The van der Waals surface area contributed by atoms with Gasteiger partial charge in [0.15, 0.2) is 12.2 Å². The minimum atomic E-state index is -0.819. The van der Waals surface area contributed by atoms with Crippen molar-refractivity contribution in [1.82, 2.24) is 0 Å². The molecule has 0 saturated carbocycles. The Morgan fingerprint density at radius 2 is 2.04 bits per heavy atom. The molecule has 0 fully saturated rings. The molecule has 0 saturated heterocycles. The lowest BCUT2D eigenvalue weighted by Gasteiger charge is -2.30. The maximum atomic E-state index is 11.8. The van der Waals surface area contributed by atoms with Gasteiger partial charge in [-0.1, -0.05) is 18.2 Å². The van der Waals surface area contributed by atoms with E-state index in [2.05, 4.69) is 15.9 Å². The first kappa shape index (κ1) is 19.0. The fourth-order valence-electron chi connectivity index (χ4n) is 3.52. The summed E-state index contributed by atoms with van der Waals surface area (Å²) in [4.78, 5) is 12.8. The molecule has 0 aliphatic carbocycles. The van der Waals surface area contributed by atoms with Gasteiger partial charge in [0.25, 0.3) is 5.91 Å². The molecule has 1 amide bonds. The molecule has 0 spiro atoms. The van der Waals surface area contributed by atoms with E-state index in [1.54, 1.807) is 18.4 Å². The number of rotatable bonds is 5. The predicted molar refractivity (Wildman–Crippen MR) is 112 cm³/mol. The SMILES string of the molecule is COc1cccc2c1-c1ccc(C(OC)C(N)=O)cc1C(c1ccc(Br)s1)O2. The van der Waals surface area contributed by atoms with Crippen molar-refractivity contribution in [3.05, 3.63) is 68.3 Å². The molecule has 2 N–H and O–H groups in total. The van der Waals surface area contributed by atoms with Crippen LogP contribution in [0.5, 0.6) is 11.5 Å². The number of thiophene rings is 1. The molecule has 28 heavy (non-hydrogen) atoms. The van der Waals surface area contributed by atoms with Crippen molar-refractivity contribution in [2.24, 2.45) is 5.73 Å². The van der Waals surface area contributed by atoms with E-state index in [-0.39, 0.29) is 6.10 Å². The Kier molecular flexibility index (Phi) is 5.14. The largest absolute Gasteiger partial charge is 0.496 e. The number of carbonyl (C=O) groups excluding carboxylic acids is 1. The van der Waals surface area contributed by atoms with Gasteiger partial charge in [-0.05, 0) is 57.4 Å². The number of halogens is 1. The molecule has 2 atom stereocenters. The van der Waals surface area contributed by atoms with Crippen LogP contribution >= 0.6 is 27.3 Å². The number of fused-ring (bicyclic) bond motifs is 3. The summed E-state index contributed by atoms with van der Waals surface area (Å²) in [6.07, 6.45) is -1.13. The minimum Gasteiger partial charge on any atom is -0.496 e. The normalized spacial score (nSPS) is 15.9. The fraction of sp³-hybridized carbons (Fsp3) is 0.190. The number of nitrogens with two attached hydrogens (primary N) is 1. The molecule has 1 aliphatic rings. The second kappa shape index (κ2) is 7.58. The molecule has 2 aromatic carbocycles. The lowest BCUT2D eigenvalue weighted by molar-refractivity contribution is -0.128. The molecule has 7 heteroatoms. The summed E-state index contributed by atoms with van der Waals surface area (Å²) in [5.74, 6) is 0.954. The average molecular weight is 460 g/mol. The van der Waals surface area contributed by atoms with Gasteiger partial charge in [-0.25, -0.2) is 0 Å². The number of primary amides is 1. The van der Waals surface area contributed by atoms with Crippen molar-refractivity contribution in [2.75, 3.05) is 14.2 Å². The quantitative estimate of drug-likeness (QED) is 0.592. The first-order chi connectivity index (χ1) is 13.5. The third-order valence-electron chi connectivity index (χ3n) is 4.73. The standard InChI is InChI=1S/C21H18BrNO4S/c1-25-14-4-3-5-15-18(14)12-7-6-11(19(26-2)21(23)24)10-13(12)20(27-15)16-8-9-17(22)28-16/h3-10,19-20H,1-2H3,(H2,23,24). The number of methoxy groups -OCH3 is 2. The Bertz CT molecular complexity index is 1050. The fourth-order valence-corrected chi connectivity index (χ4v) is 4.99. The lowest BCUT2D eigenvalue weighted by atomic mass is 9.89. The van der Waals surface area contributed by atoms with Crippen molar-refractivity contribution >= 4 is 33.2 Å². The highest BCUT2D eigenvalue weighted by molar-refractivity contribution is 9.11. The summed E-state index contributed by atoms with van der Waals surface area (Å²) in [6, 6.07) is 15.5. The van der Waals surface area contributed by atoms with Crippen LogP contribution in [0.2, 0.25) is 0 Å². The van der Waals surface area contributed by atoms with E-state index in [0.717, 1.165) is 36.9 Å². The molecule has 2 unspecified atom stereocenters. The number of carbonyl (C=O) groups is 1. The van der Waals surface area contributed by atoms with Gasteiger partial charge < -0.3 is 19.9 Å². The van der Waals surface area contributed by atoms with Crippen LogP contribution in [0.15, 0.2) is 52.3 Å². The Hall–Kier alpha value is -2.35. The second-order valence-corrected chi connectivity index (χ2v) is 8.83. The van der Waals surface area contributed by atoms with E-state index < -0.39 is 12.0 Å². The maximum Gasteiger partial charge on any atom is 0.251 e. The molecule has 1 aromatic heterocycles. The van der Waals surface area contributed by atoms with Crippen molar-refractivity contribution in [2.45, 2.75) is 12.2 Å². The topological polar surface area (TPSA) is 70.8 Å². The van der Waals surface area contributed by atoms with Gasteiger partial charge in [-0.15, -0.1) is 11.3 Å². The van der Waals surface area contributed by atoms with Crippen LogP contribution in [0.4, 0.5) is 0 Å². The predicted octanol–water partition coefficient (Wildman–Crippen LogP) is 4.84. The molecule has 144 valence electrons. The zero-order valence-corrected chi connectivity index (χ0v) is 17.7. The molecule has 4 rings (SSSR count). The Labute approximate surface area is 175 Å². The average Bonchev–Trinajstić information content (AvgIpc) is 3.13. The first-order valence-corrected chi connectivity index (χ1v) is 10.2. The van der Waals surface area contributed by atoms with Crippen LogP contribution in [-0.2, 0) is 9.53 Å². The van der Waals surface area contributed by atoms with Crippen molar-refractivity contribution in [3.63, 3.8) is 0 Å². The number of benzene rings is 2. The van der Waals surface area contributed by atoms with E-state index in [1.165, 1.54) is 7.11 Å². The first-order valence-electron chi connectivity index (χ1n) is 8.58. The summed E-state index contributed by atoms with van der Waals surface area (Å²) >= 11 is 5.13. The Morgan fingerprint density at radius 1 is 1.21 bits per heavy atom. The molecule has 0 radical (unpaired) electrons. The van der Waals surface area contributed by atoms with Gasteiger partial charge in [0, 0.05) is 12.7 Å². The summed E-state index contributed by atoms with van der Waals surface area (Å²) in [5, 5.41) is 0. The summed E-state index contributed by atoms with van der Waals surface area (Å²) in [6.45, 7) is 0. The van der Waals surface area contributed by atoms with Crippen LogP contribution in [-0.4, -0.2) is 20.1 Å². The van der Waals surface area contributed by atoms with Crippen molar-refractivity contribution in [1.29, 1.82) is 0 Å². The number of hydrogen-bond acceptors (Lipinski definition) is 5. The molecule has 5 nitrogen and oxygen atoms in total. The number of ether oxygens (including phenoxy) is 3. The molecular weight excluding hydrogens is 442 g/mol. The van der Waals surface area contributed by atoms with E-state index in [1.807, 2.05) is 48.5 Å². The van der Waals surface area contributed by atoms with Crippen LogP contribution < -0.4 is 15.2 Å². The molecular formula is C21H18BrNO4S. The van der Waals surface area contributed by atoms with Crippen molar-refractivity contribution < 1.29 is 19.0 Å². The zero-order valence-electron chi connectivity index (χ0n) is 15.3. The maximum absolute atomic E-state index is 11.8. The van der Waals surface area contributed by atoms with Crippen molar-refractivity contribution in [3.8, 4) is 22.6 Å². The van der Waals surface area contributed by atoms with Gasteiger partial charge in [0.2, 0.25) is 0 Å². The van der Waals surface area contributed by atoms with Gasteiger partial charge >= 0.3 is 0 Å². The third kappa shape index (κ3) is 3.19. The summed E-state index contributed by atoms with van der Waals surface area (Å²) in [5.41, 5.74) is 9.03. The van der Waals surface area contributed by atoms with Crippen LogP contribution in [0, 0.1) is 0 Å². The molecule has 1 aliphatic heterocycles. The highest BCUT2D eigenvalue weighted by Gasteiger charge is 2.32. The van der Waals surface area contributed by atoms with E-state index >= 15 is 0 Å². The van der Waals surface area contributed by atoms with Gasteiger partial charge in [-0.2, -0.15) is 0 Å². The number of amides is 1. The zero-order chi connectivity index (χ0) is 19.8. The number of hydrogen-bond donors (Lipinski definition) is 1. The minimum absolute atomic E-state index is 0.309. The van der Waals surface area contributed by atoms with Gasteiger partial charge in [0.1, 0.15) is 11.5 Å². The highest BCUT2D eigenvalue weighted by Crippen LogP contribution is 2.50. The second-order valence-electron chi connectivity index (χ2n) is 6.34. The van der Waals surface area contributed by atoms with Gasteiger partial charge in [0.05, 0.1) is 21.3 Å².